The molecule has 1 aromatic carbocycles. The third kappa shape index (κ3) is 5.75. The first-order chi connectivity index (χ1) is 14.5. The van der Waals surface area contributed by atoms with Crippen molar-refractivity contribution in [3.05, 3.63) is 69.3 Å². The quantitative estimate of drug-likeness (QED) is 0.410. The first-order valence-electron chi connectivity index (χ1n) is 10.3. The van der Waals surface area contributed by atoms with Gasteiger partial charge in [0, 0.05) is 18.8 Å². The van der Waals surface area contributed by atoms with E-state index in [4.69, 9.17) is 9.15 Å². The Morgan fingerprint density at radius 2 is 1.97 bits per heavy atom. The molecule has 3 aromatic rings. The van der Waals surface area contributed by atoms with Crippen molar-refractivity contribution in [2.24, 2.45) is 0 Å². The fourth-order valence-corrected chi connectivity index (χ4v) is 3.47. The van der Waals surface area contributed by atoms with E-state index in [-0.39, 0.29) is 12.5 Å². The second-order valence-corrected chi connectivity index (χ2v) is 8.06. The van der Waals surface area contributed by atoms with Crippen LogP contribution in [0, 0.1) is 13.8 Å². The molecular weight excluding hydrogens is 446 g/mol. The van der Waals surface area contributed by atoms with Gasteiger partial charge >= 0.3 is 0 Å². The summed E-state index contributed by atoms with van der Waals surface area (Å²) in [6.45, 7) is 7.73. The Bertz CT molecular complexity index is 976. The summed E-state index contributed by atoms with van der Waals surface area (Å²) >= 11 is 3.53. The van der Waals surface area contributed by atoms with E-state index in [1.54, 1.807) is 12.1 Å². The summed E-state index contributed by atoms with van der Waals surface area (Å²) in [4.78, 5) is 12.3. The average molecular weight is 474 g/mol. The number of aromatic nitrogens is 2. The fraction of sp³-hybridized carbons (Fsp3) is 0.391. The molecule has 160 valence electrons. The van der Waals surface area contributed by atoms with Crippen LogP contribution in [0.15, 0.2) is 45.3 Å². The van der Waals surface area contributed by atoms with Crippen LogP contribution in [0.3, 0.4) is 0 Å². The minimum atomic E-state index is -0.222. The lowest BCUT2D eigenvalue weighted by Gasteiger charge is -2.06. The number of furan rings is 1. The van der Waals surface area contributed by atoms with Crippen molar-refractivity contribution in [2.75, 3.05) is 6.54 Å². The van der Waals surface area contributed by atoms with Crippen LogP contribution in [-0.4, -0.2) is 22.2 Å². The Morgan fingerprint density at radius 1 is 1.20 bits per heavy atom. The number of carbonyl (C=O) groups excluding carboxylic acids is 1. The van der Waals surface area contributed by atoms with Crippen LogP contribution in [0.5, 0.6) is 5.75 Å². The second kappa shape index (κ2) is 10.5. The molecule has 0 aliphatic carbocycles. The molecule has 0 spiro atoms. The molecule has 1 amide bonds. The number of hydrogen-bond donors (Lipinski definition) is 1. The van der Waals surface area contributed by atoms with E-state index < -0.39 is 0 Å². The molecule has 30 heavy (non-hydrogen) atoms. The monoisotopic (exact) mass is 473 g/mol. The standard InChI is InChI=1S/C23H28BrN3O3/c1-4-6-18-7-9-19(10-8-18)29-15-20-11-12-21(30-20)23(28)25-13-5-14-27-17(3)22(24)16(2)26-27/h7-12H,4-6,13-15H2,1-3H3,(H,25,28). The Kier molecular flexibility index (Phi) is 7.74. The average Bonchev–Trinajstić information content (AvgIpc) is 3.32. The Hall–Kier alpha value is -2.54. The van der Waals surface area contributed by atoms with Crippen molar-refractivity contribution in [3.63, 3.8) is 0 Å². The van der Waals surface area contributed by atoms with E-state index in [0.29, 0.717) is 18.1 Å². The zero-order chi connectivity index (χ0) is 21.5. The fourth-order valence-electron chi connectivity index (χ4n) is 3.18. The van der Waals surface area contributed by atoms with E-state index in [1.165, 1.54) is 5.56 Å². The smallest absolute Gasteiger partial charge is 0.286 e. The molecule has 0 aliphatic rings. The topological polar surface area (TPSA) is 69.3 Å². The minimum absolute atomic E-state index is 0.222. The Balaban J connectivity index is 1.42. The van der Waals surface area contributed by atoms with Crippen molar-refractivity contribution in [1.82, 2.24) is 15.1 Å². The number of hydrogen-bond acceptors (Lipinski definition) is 4. The lowest BCUT2D eigenvalue weighted by atomic mass is 10.1. The summed E-state index contributed by atoms with van der Waals surface area (Å²) in [6, 6.07) is 11.5. The molecule has 0 aliphatic heterocycles. The highest BCUT2D eigenvalue weighted by atomic mass is 79.9. The highest BCUT2D eigenvalue weighted by molar-refractivity contribution is 9.10. The summed E-state index contributed by atoms with van der Waals surface area (Å²) in [7, 11) is 0. The molecule has 0 unspecified atom stereocenters. The molecule has 0 radical (unpaired) electrons. The number of rotatable bonds is 10. The van der Waals surface area contributed by atoms with Gasteiger partial charge in [-0.15, -0.1) is 0 Å². The van der Waals surface area contributed by atoms with Crippen LogP contribution >= 0.6 is 15.9 Å². The summed E-state index contributed by atoms with van der Waals surface area (Å²) in [6.07, 6.45) is 2.97. The molecule has 3 rings (SSSR count). The van der Waals surface area contributed by atoms with E-state index >= 15 is 0 Å². The lowest BCUT2D eigenvalue weighted by Crippen LogP contribution is -2.25. The molecular formula is C23H28BrN3O3. The van der Waals surface area contributed by atoms with Gasteiger partial charge in [-0.1, -0.05) is 25.5 Å². The third-order valence-corrected chi connectivity index (χ3v) is 6.00. The first kappa shape index (κ1) is 22.2. The molecule has 0 atom stereocenters. The number of aryl methyl sites for hydroxylation is 3. The van der Waals surface area contributed by atoms with Crippen LogP contribution in [0.25, 0.3) is 0 Å². The van der Waals surface area contributed by atoms with Gasteiger partial charge in [0.25, 0.3) is 5.91 Å². The first-order valence-corrected chi connectivity index (χ1v) is 11.1. The maximum Gasteiger partial charge on any atom is 0.286 e. The predicted molar refractivity (Wildman–Crippen MR) is 120 cm³/mol. The highest BCUT2D eigenvalue weighted by Gasteiger charge is 2.12. The largest absolute Gasteiger partial charge is 0.486 e. The van der Waals surface area contributed by atoms with Crippen molar-refractivity contribution in [1.29, 1.82) is 0 Å². The van der Waals surface area contributed by atoms with Crippen molar-refractivity contribution < 1.29 is 13.9 Å². The summed E-state index contributed by atoms with van der Waals surface area (Å²) in [5, 5.41) is 7.36. The number of benzene rings is 1. The van der Waals surface area contributed by atoms with E-state index in [2.05, 4.69) is 45.4 Å². The maximum atomic E-state index is 12.3. The molecule has 0 saturated heterocycles. The van der Waals surface area contributed by atoms with Crippen molar-refractivity contribution in [2.45, 2.75) is 53.2 Å². The highest BCUT2D eigenvalue weighted by Crippen LogP contribution is 2.20. The zero-order valence-electron chi connectivity index (χ0n) is 17.7. The molecule has 0 bridgehead atoms. The van der Waals surface area contributed by atoms with Crippen LogP contribution in [0.4, 0.5) is 0 Å². The number of halogens is 1. The zero-order valence-corrected chi connectivity index (χ0v) is 19.3. The lowest BCUT2D eigenvalue weighted by molar-refractivity contribution is 0.0920. The van der Waals surface area contributed by atoms with Crippen LogP contribution in [0.2, 0.25) is 0 Å². The molecule has 0 fully saturated rings. The number of nitrogens with zero attached hydrogens (tertiary/aromatic N) is 2. The summed E-state index contributed by atoms with van der Waals surface area (Å²) < 4.78 is 14.4. The van der Waals surface area contributed by atoms with Gasteiger partial charge in [0.15, 0.2) is 5.76 Å². The van der Waals surface area contributed by atoms with E-state index in [1.807, 2.05) is 30.7 Å². The van der Waals surface area contributed by atoms with Gasteiger partial charge in [0.05, 0.1) is 10.2 Å². The van der Waals surface area contributed by atoms with Crippen LogP contribution < -0.4 is 10.1 Å². The Morgan fingerprint density at radius 3 is 2.63 bits per heavy atom. The van der Waals surface area contributed by atoms with Gasteiger partial charge in [-0.2, -0.15) is 5.10 Å². The molecule has 7 heteroatoms. The number of nitrogens with one attached hydrogen (secondary N) is 1. The predicted octanol–water partition coefficient (Wildman–Crippen LogP) is 5.21. The third-order valence-electron chi connectivity index (χ3n) is 4.85. The van der Waals surface area contributed by atoms with Gasteiger partial charge in [0.2, 0.25) is 0 Å². The van der Waals surface area contributed by atoms with Gasteiger partial charge in [-0.05, 0) is 72.4 Å². The van der Waals surface area contributed by atoms with E-state index in [9.17, 15) is 4.79 Å². The normalized spacial score (nSPS) is 10.9. The number of amides is 1. The molecule has 6 nitrogen and oxygen atoms in total. The summed E-state index contributed by atoms with van der Waals surface area (Å²) in [5.41, 5.74) is 3.36. The molecule has 2 aromatic heterocycles. The van der Waals surface area contributed by atoms with Crippen LogP contribution in [-0.2, 0) is 19.6 Å². The maximum absolute atomic E-state index is 12.3. The molecule has 1 N–H and O–H groups in total. The Labute approximate surface area is 185 Å². The van der Waals surface area contributed by atoms with Crippen LogP contribution in [0.1, 0.15) is 53.0 Å². The van der Waals surface area contributed by atoms with Gasteiger partial charge in [-0.3, -0.25) is 9.48 Å². The second-order valence-electron chi connectivity index (χ2n) is 7.27. The van der Waals surface area contributed by atoms with E-state index in [0.717, 1.165) is 47.4 Å². The van der Waals surface area contributed by atoms with Gasteiger partial charge in [0.1, 0.15) is 18.1 Å². The van der Waals surface area contributed by atoms with Gasteiger partial charge < -0.3 is 14.5 Å². The summed E-state index contributed by atoms with van der Waals surface area (Å²) in [5.74, 6) is 1.47. The number of ether oxygens (including phenoxy) is 1. The molecule has 2 heterocycles. The van der Waals surface area contributed by atoms with Gasteiger partial charge in [-0.25, -0.2) is 0 Å². The molecule has 0 saturated carbocycles. The van der Waals surface area contributed by atoms with Crippen molar-refractivity contribution >= 4 is 21.8 Å². The van der Waals surface area contributed by atoms with Crippen molar-refractivity contribution in [3.8, 4) is 5.75 Å². The minimum Gasteiger partial charge on any atom is -0.486 e. The number of carbonyl (C=O) groups is 1. The SMILES string of the molecule is CCCc1ccc(OCc2ccc(C(=O)NCCCn3nc(C)c(Br)c3C)o2)cc1.